The van der Waals surface area contributed by atoms with Crippen LogP contribution in [0, 0.1) is 13.8 Å². The zero-order valence-electron chi connectivity index (χ0n) is 28.3. The van der Waals surface area contributed by atoms with Crippen molar-refractivity contribution in [1.29, 1.82) is 0 Å². The number of rotatable bonds is 6. The van der Waals surface area contributed by atoms with Gasteiger partial charge in [0.25, 0.3) is 0 Å². The van der Waals surface area contributed by atoms with Crippen LogP contribution < -0.4 is 24.8 Å². The number of hydrogen-bond donors (Lipinski definition) is 0. The van der Waals surface area contributed by atoms with E-state index in [1.807, 2.05) is 0 Å². The Bertz CT molecular complexity index is 1590. The summed E-state index contributed by atoms with van der Waals surface area (Å²) < 4.78 is 0. The largest absolute Gasteiger partial charge is 2.00 e. The fourth-order valence-electron chi connectivity index (χ4n) is 5.60. The van der Waals surface area contributed by atoms with Crippen LogP contribution in [0.5, 0.6) is 0 Å². The quantitative estimate of drug-likeness (QED) is 0.133. The first-order chi connectivity index (χ1) is 20.8. The Labute approximate surface area is 306 Å². The first-order valence-corrected chi connectivity index (χ1v) is 15.9. The molecule has 0 unspecified atom stereocenters. The van der Waals surface area contributed by atoms with Gasteiger partial charge in [0.1, 0.15) is 0 Å². The van der Waals surface area contributed by atoms with Crippen molar-refractivity contribution in [1.82, 2.24) is 0 Å². The zero-order chi connectivity index (χ0) is 30.9. The molecule has 0 aliphatic rings. The molecule has 0 fully saturated rings. The van der Waals surface area contributed by atoms with E-state index in [0.29, 0.717) is 11.8 Å². The van der Waals surface area contributed by atoms with Crippen LogP contribution in [0.2, 0.25) is 0 Å². The smallest absolute Gasteiger partial charge is 1.00 e. The average molecular weight is 684 g/mol. The second-order valence-corrected chi connectivity index (χ2v) is 12.0. The Balaban J connectivity index is 0.000000400. The molecule has 0 aliphatic carbocycles. The molecule has 6 aromatic rings. The van der Waals surface area contributed by atoms with Crippen LogP contribution in [0.4, 0.5) is 0 Å². The third-order valence-corrected chi connectivity index (χ3v) is 8.21. The maximum absolute atomic E-state index is 3.38. The molecule has 3 heteroatoms. The fraction of sp³-hybridized carbons (Fsp3) is 0.256. The minimum absolute atomic E-state index is 0. The van der Waals surface area contributed by atoms with Gasteiger partial charge in [-0.2, -0.15) is 12.1 Å². The Morgan fingerprint density at radius 2 is 0.870 bits per heavy atom. The molecule has 6 rings (SSSR count). The first kappa shape index (κ1) is 41.4. The van der Waals surface area contributed by atoms with Crippen molar-refractivity contribution in [3.63, 3.8) is 0 Å². The molecule has 0 atom stereocenters. The van der Waals surface area contributed by atoms with Gasteiger partial charge in [-0.3, -0.25) is 0 Å². The minimum Gasteiger partial charge on any atom is -1.00 e. The fourth-order valence-corrected chi connectivity index (χ4v) is 5.60. The molecule has 46 heavy (non-hydrogen) atoms. The Morgan fingerprint density at radius 1 is 0.543 bits per heavy atom. The molecule has 0 amide bonds. The first-order valence-electron chi connectivity index (χ1n) is 15.9. The van der Waals surface area contributed by atoms with Crippen molar-refractivity contribution in [3.05, 3.63) is 145 Å². The van der Waals surface area contributed by atoms with Crippen LogP contribution in [0.25, 0.3) is 43.8 Å². The topological polar surface area (TPSA) is 0 Å². The van der Waals surface area contributed by atoms with Gasteiger partial charge in [-0.05, 0) is 46.9 Å². The third kappa shape index (κ3) is 10.2. The predicted octanol–water partition coefficient (Wildman–Crippen LogP) is 6.87. The second kappa shape index (κ2) is 19.9. The molecule has 0 N–H and O–H groups in total. The molecule has 0 radical (unpaired) electrons. The predicted molar refractivity (Wildman–Crippen MR) is 192 cm³/mol. The van der Waals surface area contributed by atoms with E-state index in [1.54, 1.807) is 0 Å². The Kier molecular flexibility index (Phi) is 17.9. The molecule has 6 aromatic carbocycles. The Morgan fingerprint density at radius 3 is 1.15 bits per heavy atom. The van der Waals surface area contributed by atoms with Gasteiger partial charge >= 0.3 is 21.7 Å². The van der Waals surface area contributed by atoms with Crippen LogP contribution in [-0.2, 0) is 34.6 Å². The van der Waals surface area contributed by atoms with Crippen molar-refractivity contribution in [2.75, 3.05) is 0 Å². The van der Waals surface area contributed by atoms with E-state index in [9.17, 15) is 0 Å². The van der Waals surface area contributed by atoms with Crippen molar-refractivity contribution >= 4 is 21.5 Å². The maximum atomic E-state index is 3.38. The summed E-state index contributed by atoms with van der Waals surface area (Å²) in [4.78, 5) is 0. The molecule has 0 spiro atoms. The normalized spacial score (nSPS) is 10.3. The molecule has 0 aromatic heterocycles. The zero-order valence-corrected chi connectivity index (χ0v) is 31.4. The van der Waals surface area contributed by atoms with Crippen LogP contribution in [0.1, 0.15) is 82.1 Å². The van der Waals surface area contributed by atoms with Crippen molar-refractivity contribution in [2.45, 2.75) is 72.6 Å². The van der Waals surface area contributed by atoms with E-state index in [-0.39, 0.29) is 46.5 Å². The maximum Gasteiger partial charge on any atom is 2.00 e. The summed E-state index contributed by atoms with van der Waals surface area (Å²) in [6.07, 6.45) is 2.95. The summed E-state index contributed by atoms with van der Waals surface area (Å²) in [5, 5.41) is 5.46. The molecular weight excluding hydrogens is 635 g/mol. The summed E-state index contributed by atoms with van der Waals surface area (Å²) in [5.41, 5.74) is 11.0. The molecule has 0 bridgehead atoms. The van der Waals surface area contributed by atoms with Gasteiger partial charge in [0.05, 0.1) is 0 Å². The van der Waals surface area contributed by atoms with Crippen LogP contribution >= 0.6 is 0 Å². The standard InChI is InChI=1S/2C20H21.C3H6.2ClH.Ti/c2*1-4-15-12-18-6-5-7-19(20(18)13-15)17-10-8-16(9-11-17)14(2)3;1-3-2;;;/h2*5-14H,4H2,1-3H3;1-3H2;2*1H;/q2*-1;-2;;;+2/p-2. The van der Waals surface area contributed by atoms with Crippen LogP contribution in [0.15, 0.2) is 109 Å². The number of benzene rings is 4. The van der Waals surface area contributed by atoms with E-state index in [1.165, 1.54) is 66.1 Å². The van der Waals surface area contributed by atoms with E-state index < -0.39 is 0 Å². The number of hydrogen-bond acceptors (Lipinski definition) is 0. The molecule has 0 saturated heterocycles. The van der Waals surface area contributed by atoms with Crippen molar-refractivity contribution in [2.24, 2.45) is 0 Å². The third-order valence-electron chi connectivity index (χ3n) is 8.21. The van der Waals surface area contributed by atoms with Gasteiger partial charge < -0.3 is 45.1 Å². The molecule has 0 nitrogen and oxygen atoms in total. The Hall–Kier alpha value is -2.61. The van der Waals surface area contributed by atoms with Gasteiger partial charge in [-0.1, -0.05) is 113 Å². The molecular formula is C43H48Cl2Ti-4. The van der Waals surface area contributed by atoms with E-state index in [4.69, 9.17) is 0 Å². The molecule has 242 valence electrons. The average Bonchev–Trinajstić information content (AvgIpc) is 3.66. The van der Waals surface area contributed by atoms with Gasteiger partial charge in [0.15, 0.2) is 0 Å². The molecule has 0 saturated carbocycles. The minimum atomic E-state index is 0. The van der Waals surface area contributed by atoms with Crippen LogP contribution in [0.3, 0.4) is 0 Å². The summed E-state index contributed by atoms with van der Waals surface area (Å²) in [6, 6.07) is 40.5. The second-order valence-electron chi connectivity index (χ2n) is 12.0. The molecule has 0 aliphatic heterocycles. The monoisotopic (exact) mass is 682 g/mol. The number of aryl methyl sites for hydroxylation is 2. The van der Waals surface area contributed by atoms with E-state index in [0.717, 1.165) is 19.3 Å². The summed E-state index contributed by atoms with van der Waals surface area (Å²) in [6.45, 7) is 20.1. The molecule has 0 heterocycles. The summed E-state index contributed by atoms with van der Waals surface area (Å²) in [7, 11) is 0. The van der Waals surface area contributed by atoms with Gasteiger partial charge in [0.2, 0.25) is 0 Å². The number of fused-ring (bicyclic) bond motifs is 2. The van der Waals surface area contributed by atoms with Gasteiger partial charge in [-0.25, -0.2) is 0 Å². The van der Waals surface area contributed by atoms with E-state index >= 15 is 0 Å². The number of halogens is 2. The summed E-state index contributed by atoms with van der Waals surface area (Å²) in [5.74, 6) is 1.18. The summed E-state index contributed by atoms with van der Waals surface area (Å²) >= 11 is 0. The van der Waals surface area contributed by atoms with Crippen LogP contribution in [-0.4, -0.2) is 0 Å². The van der Waals surface area contributed by atoms with Gasteiger partial charge in [0, 0.05) is 0 Å². The van der Waals surface area contributed by atoms with Crippen molar-refractivity contribution < 1.29 is 46.5 Å². The van der Waals surface area contributed by atoms with Gasteiger partial charge in [-0.15, -0.1) is 69.1 Å². The SMILES string of the molecule is CCc1cc2c(-c3ccc(C(C)C)cc3)cccc2[cH-]1.CCc1cc2c(-c3ccc(C(C)C)cc3)cccc2[cH-]1.[CH2-]C[CH2-].[Cl-].[Cl-].[Ti+2]. The van der Waals surface area contributed by atoms with Crippen molar-refractivity contribution in [3.8, 4) is 22.3 Å². The van der Waals surface area contributed by atoms with E-state index in [2.05, 4.69) is 165 Å².